The van der Waals surface area contributed by atoms with Gasteiger partial charge in [0.15, 0.2) is 0 Å². The van der Waals surface area contributed by atoms with Crippen LogP contribution in [0.15, 0.2) is 35.2 Å². The van der Waals surface area contributed by atoms with E-state index in [2.05, 4.69) is 0 Å². The monoisotopic (exact) mass is 404 g/mol. The van der Waals surface area contributed by atoms with E-state index in [0.29, 0.717) is 16.7 Å². The highest BCUT2D eigenvalue weighted by molar-refractivity contribution is 7.79. The Kier molecular flexibility index (Phi) is 6.01. The van der Waals surface area contributed by atoms with E-state index >= 15 is 0 Å². The van der Waals surface area contributed by atoms with Gasteiger partial charge in [-0.25, -0.2) is 0 Å². The van der Waals surface area contributed by atoms with Crippen LogP contribution in [0.5, 0.6) is 5.75 Å². The van der Waals surface area contributed by atoms with Crippen LogP contribution in [-0.4, -0.2) is 18.8 Å². The lowest BCUT2D eigenvalue weighted by Gasteiger charge is -2.32. The minimum absolute atomic E-state index is 0.0293. The lowest BCUT2D eigenvalue weighted by Crippen LogP contribution is -2.21. The van der Waals surface area contributed by atoms with Crippen LogP contribution in [0.25, 0.3) is 0 Å². The van der Waals surface area contributed by atoms with Gasteiger partial charge in [0.2, 0.25) is 0 Å². The third-order valence-corrected chi connectivity index (χ3v) is 5.36. The number of nitrogens with zero attached hydrogens (tertiary/aromatic N) is 1. The van der Waals surface area contributed by atoms with E-state index in [0.717, 1.165) is 5.56 Å². The Morgan fingerprint density at radius 2 is 1.57 bits per heavy atom. The van der Waals surface area contributed by atoms with Crippen LogP contribution in [0.4, 0.5) is 5.69 Å². The molecule has 2 rings (SSSR count). The molecule has 28 heavy (non-hydrogen) atoms. The second kappa shape index (κ2) is 7.64. The molecule has 1 N–H and O–H groups in total. The molecule has 0 amide bonds. The van der Waals surface area contributed by atoms with E-state index in [1.54, 1.807) is 12.1 Å². The van der Waals surface area contributed by atoms with Gasteiger partial charge in [-0.2, -0.15) is 0 Å². The molecule has 152 valence electrons. The Morgan fingerprint density at radius 1 is 1.04 bits per heavy atom. The molecule has 0 aliphatic rings. The maximum Gasteiger partial charge on any atom is 0.269 e. The fourth-order valence-electron chi connectivity index (χ4n) is 3.33. The molecule has 0 aliphatic carbocycles. The summed E-state index contributed by atoms with van der Waals surface area (Å²) in [4.78, 5) is 10.5. The quantitative estimate of drug-likeness (QED) is 0.451. The summed E-state index contributed by atoms with van der Waals surface area (Å²) in [6.45, 7) is 11.5. The van der Waals surface area contributed by atoms with Crippen molar-refractivity contribution >= 4 is 16.8 Å². The Balaban J connectivity index is 2.75. The number of phenolic OH excluding ortho intramolecular Hbond substituents is 1. The largest absolute Gasteiger partial charge is 0.768 e. The SMILES string of the molecule is CC(C)(C)c1cc(S(=O)[O-])c(Cc2ccc([N+](=O)[O-])cc2)c(C(C)(C)C)c1O. The molecule has 0 saturated carbocycles. The molecule has 0 spiro atoms. The molecule has 2 aromatic carbocycles. The summed E-state index contributed by atoms with van der Waals surface area (Å²) in [5.74, 6) is 0.103. The molecular weight excluding hydrogens is 378 g/mol. The summed E-state index contributed by atoms with van der Waals surface area (Å²) in [5, 5.41) is 21.9. The molecule has 2 aromatic rings. The third kappa shape index (κ3) is 4.59. The van der Waals surface area contributed by atoms with Gasteiger partial charge in [-0.3, -0.25) is 14.3 Å². The number of rotatable bonds is 4. The van der Waals surface area contributed by atoms with Gasteiger partial charge in [-0.1, -0.05) is 53.7 Å². The van der Waals surface area contributed by atoms with Gasteiger partial charge in [0, 0.05) is 28.2 Å². The number of non-ortho nitro benzene ring substituents is 1. The topological polar surface area (TPSA) is 104 Å². The molecule has 0 saturated heterocycles. The standard InChI is InChI=1S/C21H27NO5S/c1-20(2,3)16-12-17(28(26)27)15(18(19(16)23)21(4,5)6)11-13-7-9-14(10-8-13)22(24)25/h7-10,12,23H,11H2,1-6H3,(H,26,27)/p-1. The zero-order chi connectivity index (χ0) is 21.4. The van der Waals surface area contributed by atoms with Crippen molar-refractivity contribution in [2.24, 2.45) is 0 Å². The van der Waals surface area contributed by atoms with E-state index in [1.807, 2.05) is 41.5 Å². The normalized spacial score (nSPS) is 13.4. The highest BCUT2D eigenvalue weighted by atomic mass is 32.2. The second-order valence-electron chi connectivity index (χ2n) is 8.96. The van der Waals surface area contributed by atoms with Crippen LogP contribution in [0.2, 0.25) is 0 Å². The second-order valence-corrected chi connectivity index (χ2v) is 9.87. The Hall–Kier alpha value is -2.25. The number of nitro groups is 1. The predicted octanol–water partition coefficient (Wildman–Crippen LogP) is 4.72. The average Bonchev–Trinajstić information content (AvgIpc) is 2.52. The number of hydrogen-bond acceptors (Lipinski definition) is 5. The molecule has 0 heterocycles. The smallest absolute Gasteiger partial charge is 0.269 e. The van der Waals surface area contributed by atoms with E-state index in [9.17, 15) is 24.0 Å². The fourth-order valence-corrected chi connectivity index (χ4v) is 3.92. The van der Waals surface area contributed by atoms with Crippen LogP contribution >= 0.6 is 0 Å². The molecular formula is C21H26NO5S-. The molecule has 7 heteroatoms. The maximum absolute atomic E-state index is 12.1. The lowest BCUT2D eigenvalue weighted by molar-refractivity contribution is -0.384. The van der Waals surface area contributed by atoms with Crippen LogP contribution in [0.3, 0.4) is 0 Å². The Morgan fingerprint density at radius 3 is 1.96 bits per heavy atom. The molecule has 0 aromatic heterocycles. The van der Waals surface area contributed by atoms with Crippen molar-refractivity contribution in [1.29, 1.82) is 0 Å². The average molecular weight is 405 g/mol. The molecule has 0 bridgehead atoms. The van der Waals surface area contributed by atoms with E-state index < -0.39 is 26.8 Å². The summed E-state index contributed by atoms with van der Waals surface area (Å²) >= 11 is -2.49. The van der Waals surface area contributed by atoms with Crippen molar-refractivity contribution in [3.63, 3.8) is 0 Å². The van der Waals surface area contributed by atoms with Crippen LogP contribution in [0, 0.1) is 10.1 Å². The highest BCUT2D eigenvalue weighted by Gasteiger charge is 2.30. The number of hydrogen-bond donors (Lipinski definition) is 1. The zero-order valence-corrected chi connectivity index (χ0v) is 17.8. The fraction of sp³-hybridized carbons (Fsp3) is 0.429. The Labute approximate surface area is 168 Å². The number of aromatic hydroxyl groups is 1. The Bertz CT molecular complexity index is 922. The van der Waals surface area contributed by atoms with Crippen LogP contribution in [-0.2, 0) is 28.3 Å². The third-order valence-electron chi connectivity index (χ3n) is 4.63. The minimum atomic E-state index is -2.49. The summed E-state index contributed by atoms with van der Waals surface area (Å²) < 4.78 is 24.1. The van der Waals surface area contributed by atoms with Crippen molar-refractivity contribution in [2.75, 3.05) is 0 Å². The maximum atomic E-state index is 12.1. The van der Waals surface area contributed by atoms with E-state index in [1.165, 1.54) is 18.2 Å². The first-order valence-electron chi connectivity index (χ1n) is 8.96. The van der Waals surface area contributed by atoms with Crippen LogP contribution < -0.4 is 0 Å². The molecule has 1 unspecified atom stereocenters. The van der Waals surface area contributed by atoms with Gasteiger partial charge in [-0.15, -0.1) is 0 Å². The molecule has 0 aliphatic heterocycles. The predicted molar refractivity (Wildman–Crippen MR) is 109 cm³/mol. The van der Waals surface area contributed by atoms with E-state index in [-0.39, 0.29) is 22.8 Å². The van der Waals surface area contributed by atoms with Gasteiger partial charge >= 0.3 is 0 Å². The number of phenols is 1. The summed E-state index contributed by atoms with van der Waals surface area (Å²) in [6, 6.07) is 7.54. The zero-order valence-electron chi connectivity index (χ0n) is 17.0. The molecule has 0 radical (unpaired) electrons. The van der Waals surface area contributed by atoms with Gasteiger partial charge in [0.1, 0.15) is 5.75 Å². The van der Waals surface area contributed by atoms with Crippen molar-refractivity contribution in [1.82, 2.24) is 0 Å². The summed E-state index contributed by atoms with van der Waals surface area (Å²) in [5.41, 5.74) is 1.42. The molecule has 6 nitrogen and oxygen atoms in total. The minimum Gasteiger partial charge on any atom is -0.768 e. The van der Waals surface area contributed by atoms with Gasteiger partial charge in [0.05, 0.1) is 4.92 Å². The number of nitro benzene ring substituents is 1. The summed E-state index contributed by atoms with van der Waals surface area (Å²) in [6.07, 6.45) is 0.242. The first-order valence-corrected chi connectivity index (χ1v) is 10.0. The number of benzene rings is 2. The summed E-state index contributed by atoms with van der Waals surface area (Å²) in [7, 11) is 0. The van der Waals surface area contributed by atoms with Gasteiger partial charge < -0.3 is 9.66 Å². The van der Waals surface area contributed by atoms with Crippen molar-refractivity contribution in [3.8, 4) is 5.75 Å². The first kappa shape index (κ1) is 22.0. The van der Waals surface area contributed by atoms with E-state index in [4.69, 9.17) is 0 Å². The van der Waals surface area contributed by atoms with Gasteiger partial charge in [-0.05, 0) is 45.5 Å². The highest BCUT2D eigenvalue weighted by Crippen LogP contribution is 2.44. The molecule has 0 fully saturated rings. The molecule has 1 atom stereocenters. The van der Waals surface area contributed by atoms with Crippen molar-refractivity contribution < 1.29 is 18.8 Å². The van der Waals surface area contributed by atoms with Gasteiger partial charge in [0.25, 0.3) is 5.69 Å². The van der Waals surface area contributed by atoms with Crippen molar-refractivity contribution in [3.05, 3.63) is 62.7 Å². The first-order chi connectivity index (χ1) is 12.7. The van der Waals surface area contributed by atoms with Crippen LogP contribution in [0.1, 0.15) is 63.8 Å². The lowest BCUT2D eigenvalue weighted by atomic mass is 9.76. The van der Waals surface area contributed by atoms with Crippen molar-refractivity contribution in [2.45, 2.75) is 63.7 Å².